The normalized spacial score (nSPS) is 13.9. The predicted octanol–water partition coefficient (Wildman–Crippen LogP) is 3.20. The van der Waals surface area contributed by atoms with Gasteiger partial charge in [-0.15, -0.1) is 0 Å². The topological polar surface area (TPSA) is 92.8 Å². The molecule has 1 aliphatic heterocycles. The van der Waals surface area contributed by atoms with Crippen LogP contribution in [0.2, 0.25) is 5.02 Å². The van der Waals surface area contributed by atoms with Crippen molar-refractivity contribution in [2.24, 2.45) is 0 Å². The molecule has 1 N–H and O–H groups in total. The third-order valence-electron chi connectivity index (χ3n) is 4.41. The van der Waals surface area contributed by atoms with Crippen LogP contribution in [-0.4, -0.2) is 35.7 Å². The number of nitrogens with zero attached hydrogens (tertiary/aromatic N) is 1. The number of amides is 3. The Morgan fingerprint density at radius 1 is 1.11 bits per heavy atom. The van der Waals surface area contributed by atoms with Crippen molar-refractivity contribution in [1.82, 2.24) is 4.90 Å². The van der Waals surface area contributed by atoms with Gasteiger partial charge in [0.05, 0.1) is 36.4 Å². The number of benzene rings is 2. The van der Waals surface area contributed by atoms with Crippen LogP contribution in [0.15, 0.2) is 42.5 Å². The molecule has 0 bridgehead atoms. The smallest absolute Gasteiger partial charge is 0.307 e. The molecule has 2 aromatic rings. The van der Waals surface area contributed by atoms with Crippen LogP contribution in [0.3, 0.4) is 0 Å². The van der Waals surface area contributed by atoms with Crippen molar-refractivity contribution in [3.05, 3.63) is 64.2 Å². The molecule has 0 saturated carbocycles. The summed E-state index contributed by atoms with van der Waals surface area (Å²) in [6.45, 7) is 1.31. The highest BCUT2D eigenvalue weighted by Gasteiger charge is 2.43. The molecule has 3 amide bonds. The van der Waals surface area contributed by atoms with E-state index in [2.05, 4.69) is 5.32 Å². The number of anilines is 1. The molecular weight excluding hydrogens is 384 g/mol. The average molecular weight is 401 g/mol. The first-order valence-corrected chi connectivity index (χ1v) is 8.82. The molecule has 1 heterocycles. The van der Waals surface area contributed by atoms with Gasteiger partial charge in [0, 0.05) is 11.9 Å². The van der Waals surface area contributed by atoms with E-state index in [1.807, 2.05) is 0 Å². The van der Waals surface area contributed by atoms with Crippen LogP contribution in [0.5, 0.6) is 0 Å². The fraction of sp³-hybridized carbons (Fsp3) is 0.200. The van der Waals surface area contributed by atoms with E-state index in [0.29, 0.717) is 10.6 Å². The van der Waals surface area contributed by atoms with Gasteiger partial charge in [0.15, 0.2) is 0 Å². The Labute approximate surface area is 166 Å². The summed E-state index contributed by atoms with van der Waals surface area (Å²) in [5, 5.41) is 3.05. The summed E-state index contributed by atoms with van der Waals surface area (Å²) in [6.07, 6.45) is -0.209. The molecule has 0 saturated heterocycles. The van der Waals surface area contributed by atoms with Gasteiger partial charge < -0.3 is 10.1 Å². The minimum absolute atomic E-state index is 0.103. The van der Waals surface area contributed by atoms with Crippen molar-refractivity contribution < 1.29 is 23.9 Å². The van der Waals surface area contributed by atoms with Crippen LogP contribution in [-0.2, 0) is 14.3 Å². The Bertz CT molecular complexity index is 971. The molecule has 1 aliphatic rings. The quantitative estimate of drug-likeness (QED) is 0.614. The van der Waals surface area contributed by atoms with Crippen molar-refractivity contribution in [2.45, 2.75) is 19.4 Å². The van der Waals surface area contributed by atoms with E-state index in [9.17, 15) is 19.2 Å². The van der Waals surface area contributed by atoms with Gasteiger partial charge in [-0.25, -0.2) is 0 Å². The number of rotatable bonds is 5. The molecule has 3 rings (SSSR count). The molecule has 0 aliphatic carbocycles. The van der Waals surface area contributed by atoms with Crippen molar-refractivity contribution >= 4 is 41.0 Å². The first-order valence-electron chi connectivity index (χ1n) is 8.44. The van der Waals surface area contributed by atoms with Gasteiger partial charge >= 0.3 is 5.97 Å². The average Bonchev–Trinajstić information content (AvgIpc) is 2.91. The summed E-state index contributed by atoms with van der Waals surface area (Å²) in [5.41, 5.74) is 1.08. The fourth-order valence-electron chi connectivity index (χ4n) is 3.16. The largest absolute Gasteiger partial charge is 0.469 e. The standard InChI is InChI=1S/C20H17ClN2O5/c1-11(24)22-15-5-3-4-14-18(15)20(27)23(19(14)26)16(10-17(25)28-2)12-6-8-13(21)9-7-12/h3-9,16H,10H2,1-2H3,(H,22,24). The number of esters is 1. The molecule has 0 spiro atoms. The first kappa shape index (κ1) is 19.6. The number of methoxy groups -OCH3 is 1. The zero-order valence-electron chi connectivity index (χ0n) is 15.2. The molecule has 0 fully saturated rings. The summed E-state index contributed by atoms with van der Waals surface area (Å²) < 4.78 is 4.74. The van der Waals surface area contributed by atoms with Crippen molar-refractivity contribution in [3.63, 3.8) is 0 Å². The lowest BCUT2D eigenvalue weighted by molar-refractivity contribution is -0.141. The maximum Gasteiger partial charge on any atom is 0.307 e. The van der Waals surface area contributed by atoms with Crippen molar-refractivity contribution in [3.8, 4) is 0 Å². The van der Waals surface area contributed by atoms with Gasteiger partial charge in [-0.2, -0.15) is 0 Å². The zero-order valence-corrected chi connectivity index (χ0v) is 15.9. The molecule has 28 heavy (non-hydrogen) atoms. The van der Waals surface area contributed by atoms with Gasteiger partial charge in [-0.3, -0.25) is 24.1 Å². The molecule has 1 unspecified atom stereocenters. The number of fused-ring (bicyclic) bond motifs is 1. The van der Waals surface area contributed by atoms with Gasteiger partial charge in [0.1, 0.15) is 0 Å². The lowest BCUT2D eigenvalue weighted by Crippen LogP contribution is -2.35. The monoisotopic (exact) mass is 400 g/mol. The second-order valence-corrected chi connectivity index (χ2v) is 6.67. The maximum atomic E-state index is 13.1. The lowest BCUT2D eigenvalue weighted by Gasteiger charge is -2.26. The number of nitrogens with one attached hydrogen (secondary N) is 1. The minimum atomic E-state index is -0.873. The van der Waals surface area contributed by atoms with E-state index >= 15 is 0 Å². The molecule has 0 aromatic heterocycles. The highest BCUT2D eigenvalue weighted by Crippen LogP contribution is 2.37. The van der Waals surface area contributed by atoms with Crippen molar-refractivity contribution in [1.29, 1.82) is 0 Å². The lowest BCUT2D eigenvalue weighted by atomic mass is 10.0. The number of halogens is 1. The Hall–Kier alpha value is -3.19. The van der Waals surface area contributed by atoms with E-state index < -0.39 is 23.8 Å². The maximum absolute atomic E-state index is 13.1. The molecule has 2 aromatic carbocycles. The number of carbonyl (C=O) groups is 4. The summed E-state index contributed by atoms with van der Waals surface area (Å²) in [6, 6.07) is 10.3. The zero-order chi connectivity index (χ0) is 20.4. The number of hydrogen-bond acceptors (Lipinski definition) is 5. The van der Waals surface area contributed by atoms with E-state index in [0.717, 1.165) is 4.90 Å². The van der Waals surface area contributed by atoms with Gasteiger partial charge in [0.25, 0.3) is 11.8 Å². The van der Waals surface area contributed by atoms with E-state index in [-0.39, 0.29) is 29.1 Å². The predicted molar refractivity (Wildman–Crippen MR) is 102 cm³/mol. The van der Waals surface area contributed by atoms with Gasteiger partial charge in [-0.1, -0.05) is 29.8 Å². The second-order valence-electron chi connectivity index (χ2n) is 6.24. The van der Waals surface area contributed by atoms with Crippen LogP contribution in [0.25, 0.3) is 0 Å². The second kappa shape index (κ2) is 7.82. The molecule has 7 nitrogen and oxygen atoms in total. The third kappa shape index (κ3) is 3.61. The van der Waals surface area contributed by atoms with Crippen molar-refractivity contribution in [2.75, 3.05) is 12.4 Å². The highest BCUT2D eigenvalue weighted by molar-refractivity contribution is 6.30. The summed E-state index contributed by atoms with van der Waals surface area (Å²) in [4.78, 5) is 50.6. The molecular formula is C20H17ClN2O5. The van der Waals surface area contributed by atoms with E-state index in [1.165, 1.54) is 20.1 Å². The Morgan fingerprint density at radius 3 is 2.39 bits per heavy atom. The minimum Gasteiger partial charge on any atom is -0.469 e. The van der Waals surface area contributed by atoms with Crippen LogP contribution in [0, 0.1) is 0 Å². The summed E-state index contributed by atoms with van der Waals surface area (Å²) in [7, 11) is 1.23. The summed E-state index contributed by atoms with van der Waals surface area (Å²) >= 11 is 5.93. The van der Waals surface area contributed by atoms with E-state index in [4.69, 9.17) is 16.3 Å². The summed E-state index contributed by atoms with van der Waals surface area (Å²) in [5.74, 6) is -2.07. The fourth-order valence-corrected chi connectivity index (χ4v) is 3.29. The number of imide groups is 1. The van der Waals surface area contributed by atoms with Gasteiger partial charge in [-0.05, 0) is 29.8 Å². The molecule has 144 valence electrons. The number of hydrogen-bond donors (Lipinski definition) is 1. The number of ether oxygens (including phenoxy) is 1. The third-order valence-corrected chi connectivity index (χ3v) is 4.66. The number of carbonyl (C=O) groups excluding carboxylic acids is 4. The molecule has 1 atom stereocenters. The highest BCUT2D eigenvalue weighted by atomic mass is 35.5. The Morgan fingerprint density at radius 2 is 1.79 bits per heavy atom. The first-order chi connectivity index (χ1) is 13.3. The van der Waals surface area contributed by atoms with Crippen LogP contribution >= 0.6 is 11.6 Å². The van der Waals surface area contributed by atoms with Crippen LogP contribution in [0.1, 0.15) is 45.7 Å². The van der Waals surface area contributed by atoms with Crippen LogP contribution in [0.4, 0.5) is 5.69 Å². The molecule has 8 heteroatoms. The van der Waals surface area contributed by atoms with Gasteiger partial charge in [0.2, 0.25) is 5.91 Å². The molecule has 0 radical (unpaired) electrons. The van der Waals surface area contributed by atoms with Crippen LogP contribution < -0.4 is 5.32 Å². The SMILES string of the molecule is COC(=O)CC(c1ccc(Cl)cc1)N1C(=O)c2cccc(NC(C)=O)c2C1=O. The Kier molecular flexibility index (Phi) is 5.46. The Balaban J connectivity index is 2.07. The van der Waals surface area contributed by atoms with E-state index in [1.54, 1.807) is 36.4 Å².